The van der Waals surface area contributed by atoms with Gasteiger partial charge >= 0.3 is 0 Å². The molecule has 9 heteroatoms. The van der Waals surface area contributed by atoms with Crippen LogP contribution in [0.2, 0.25) is 0 Å². The standard InChI is InChI=1S/C10H11N7OS/c11-7-3-6(12-13-7)9-16-17-8(5-1-2-18-4-5)14-15-10(17)19-9/h3,5H,1-2,4H2,(H3,11,12,13). The summed E-state index contributed by atoms with van der Waals surface area (Å²) in [7, 11) is 0. The summed E-state index contributed by atoms with van der Waals surface area (Å²) in [6, 6.07) is 1.75. The smallest absolute Gasteiger partial charge is 0.235 e. The van der Waals surface area contributed by atoms with Gasteiger partial charge in [-0.2, -0.15) is 14.7 Å². The third-order valence-electron chi connectivity index (χ3n) is 3.14. The molecule has 3 aromatic rings. The van der Waals surface area contributed by atoms with Gasteiger partial charge < -0.3 is 10.5 Å². The number of aromatic nitrogens is 6. The molecule has 0 amide bonds. The molecule has 4 rings (SSSR count). The summed E-state index contributed by atoms with van der Waals surface area (Å²) in [6.45, 7) is 1.46. The first kappa shape index (κ1) is 10.9. The summed E-state index contributed by atoms with van der Waals surface area (Å²) < 4.78 is 7.17. The van der Waals surface area contributed by atoms with E-state index in [9.17, 15) is 0 Å². The number of nitrogen functional groups attached to an aromatic ring is 1. The molecular weight excluding hydrogens is 266 g/mol. The lowest BCUT2D eigenvalue weighted by atomic mass is 10.1. The maximum absolute atomic E-state index is 5.60. The molecule has 0 saturated carbocycles. The number of ether oxygens (including phenoxy) is 1. The normalized spacial score (nSPS) is 19.5. The van der Waals surface area contributed by atoms with Crippen LogP contribution in [0.4, 0.5) is 5.82 Å². The first-order valence-electron chi connectivity index (χ1n) is 5.92. The Kier molecular flexibility index (Phi) is 2.29. The van der Waals surface area contributed by atoms with Crippen LogP contribution in [0.5, 0.6) is 0 Å². The Hall–Kier alpha value is -2.00. The second kappa shape index (κ2) is 4.00. The van der Waals surface area contributed by atoms with E-state index in [1.807, 2.05) is 0 Å². The lowest BCUT2D eigenvalue weighted by Crippen LogP contribution is -2.04. The van der Waals surface area contributed by atoms with E-state index in [0.717, 1.165) is 34.5 Å². The Morgan fingerprint density at radius 2 is 2.42 bits per heavy atom. The molecule has 0 aromatic carbocycles. The molecule has 1 fully saturated rings. The van der Waals surface area contributed by atoms with Crippen LogP contribution in [0.3, 0.4) is 0 Å². The summed E-state index contributed by atoms with van der Waals surface area (Å²) in [5.41, 5.74) is 6.39. The summed E-state index contributed by atoms with van der Waals surface area (Å²) in [4.78, 5) is 0.769. The van der Waals surface area contributed by atoms with Crippen molar-refractivity contribution >= 4 is 22.1 Å². The van der Waals surface area contributed by atoms with Crippen molar-refractivity contribution in [3.63, 3.8) is 0 Å². The molecule has 1 unspecified atom stereocenters. The minimum absolute atomic E-state index is 0.275. The van der Waals surface area contributed by atoms with Gasteiger partial charge in [-0.05, 0) is 6.42 Å². The zero-order valence-corrected chi connectivity index (χ0v) is 10.7. The van der Waals surface area contributed by atoms with Gasteiger partial charge in [-0.15, -0.1) is 10.2 Å². The molecule has 1 aliphatic rings. The van der Waals surface area contributed by atoms with Gasteiger partial charge in [0.25, 0.3) is 0 Å². The number of hydrogen-bond donors (Lipinski definition) is 2. The highest BCUT2D eigenvalue weighted by atomic mass is 32.1. The molecule has 3 N–H and O–H groups in total. The molecule has 4 heterocycles. The Morgan fingerprint density at radius 3 is 3.16 bits per heavy atom. The zero-order valence-electron chi connectivity index (χ0n) is 9.91. The van der Waals surface area contributed by atoms with Gasteiger partial charge in [0, 0.05) is 18.6 Å². The molecule has 98 valence electrons. The van der Waals surface area contributed by atoms with E-state index in [4.69, 9.17) is 10.5 Å². The van der Waals surface area contributed by atoms with Gasteiger partial charge in [0.1, 0.15) is 5.82 Å². The number of nitrogens with two attached hydrogens (primary N) is 1. The largest absolute Gasteiger partial charge is 0.382 e. The van der Waals surface area contributed by atoms with Gasteiger partial charge in [0.15, 0.2) is 10.8 Å². The molecule has 0 radical (unpaired) electrons. The zero-order chi connectivity index (χ0) is 12.8. The summed E-state index contributed by atoms with van der Waals surface area (Å²) in [6.07, 6.45) is 0.963. The Bertz CT molecular complexity index is 723. The van der Waals surface area contributed by atoms with E-state index in [1.54, 1.807) is 10.6 Å². The number of nitrogens with one attached hydrogen (secondary N) is 1. The number of H-pyrrole nitrogens is 1. The third-order valence-corrected chi connectivity index (χ3v) is 4.07. The van der Waals surface area contributed by atoms with E-state index in [-0.39, 0.29) is 5.92 Å². The lowest BCUT2D eigenvalue weighted by molar-refractivity contribution is 0.193. The quantitative estimate of drug-likeness (QED) is 0.712. The van der Waals surface area contributed by atoms with Gasteiger partial charge in [0.05, 0.1) is 12.3 Å². The average molecular weight is 277 g/mol. The van der Waals surface area contributed by atoms with E-state index >= 15 is 0 Å². The molecule has 0 aliphatic carbocycles. The van der Waals surface area contributed by atoms with Crippen molar-refractivity contribution in [2.24, 2.45) is 0 Å². The van der Waals surface area contributed by atoms with Crippen LogP contribution in [0.25, 0.3) is 15.7 Å². The topological polar surface area (TPSA) is 107 Å². The van der Waals surface area contributed by atoms with Crippen LogP contribution in [-0.2, 0) is 4.74 Å². The van der Waals surface area contributed by atoms with E-state index in [1.165, 1.54) is 11.3 Å². The number of rotatable bonds is 2. The molecule has 0 bridgehead atoms. The molecule has 8 nitrogen and oxygen atoms in total. The highest BCUT2D eigenvalue weighted by molar-refractivity contribution is 7.19. The third kappa shape index (κ3) is 1.70. The van der Waals surface area contributed by atoms with E-state index < -0.39 is 0 Å². The van der Waals surface area contributed by atoms with Crippen molar-refractivity contribution in [2.75, 3.05) is 18.9 Å². The molecular formula is C10H11N7OS. The minimum atomic E-state index is 0.275. The Labute approximate surface area is 111 Å². The Morgan fingerprint density at radius 1 is 1.47 bits per heavy atom. The summed E-state index contributed by atoms with van der Waals surface area (Å²) >= 11 is 1.45. The second-order valence-electron chi connectivity index (χ2n) is 4.43. The van der Waals surface area contributed by atoms with Gasteiger partial charge in [-0.25, -0.2) is 0 Å². The van der Waals surface area contributed by atoms with Crippen molar-refractivity contribution in [3.8, 4) is 10.7 Å². The number of hydrogen-bond acceptors (Lipinski definition) is 7. The van der Waals surface area contributed by atoms with Crippen molar-refractivity contribution in [2.45, 2.75) is 12.3 Å². The fourth-order valence-corrected chi connectivity index (χ4v) is 2.99. The minimum Gasteiger partial charge on any atom is -0.382 e. The monoisotopic (exact) mass is 277 g/mol. The van der Waals surface area contributed by atoms with E-state index in [0.29, 0.717) is 12.4 Å². The molecule has 3 aromatic heterocycles. The highest BCUT2D eigenvalue weighted by Gasteiger charge is 2.25. The van der Waals surface area contributed by atoms with Crippen LogP contribution in [-0.4, -0.2) is 43.2 Å². The number of aromatic amines is 1. The SMILES string of the molecule is Nc1cc(-c2nn3c(C4CCOC4)nnc3s2)[nH]n1. The van der Waals surface area contributed by atoms with Gasteiger partial charge in [0.2, 0.25) is 4.96 Å². The maximum atomic E-state index is 5.60. The molecule has 1 saturated heterocycles. The van der Waals surface area contributed by atoms with Crippen molar-refractivity contribution in [3.05, 3.63) is 11.9 Å². The fraction of sp³-hybridized carbons (Fsp3) is 0.400. The van der Waals surface area contributed by atoms with Crippen LogP contribution in [0, 0.1) is 0 Å². The first-order valence-corrected chi connectivity index (χ1v) is 6.74. The second-order valence-corrected chi connectivity index (χ2v) is 5.38. The lowest BCUT2D eigenvalue weighted by Gasteiger charge is -2.01. The molecule has 1 aliphatic heterocycles. The van der Waals surface area contributed by atoms with Crippen LogP contribution < -0.4 is 5.73 Å². The van der Waals surface area contributed by atoms with Crippen LogP contribution in [0.1, 0.15) is 18.2 Å². The van der Waals surface area contributed by atoms with Crippen molar-refractivity contribution < 1.29 is 4.74 Å². The highest BCUT2D eigenvalue weighted by Crippen LogP contribution is 2.29. The van der Waals surface area contributed by atoms with Crippen molar-refractivity contribution in [1.29, 1.82) is 0 Å². The van der Waals surface area contributed by atoms with Crippen LogP contribution in [0.15, 0.2) is 6.07 Å². The number of anilines is 1. The summed E-state index contributed by atoms with van der Waals surface area (Å²) in [5.74, 6) is 1.59. The maximum Gasteiger partial charge on any atom is 0.235 e. The predicted octanol–water partition coefficient (Wildman–Crippen LogP) is 0.662. The number of fused-ring (bicyclic) bond motifs is 1. The molecule has 19 heavy (non-hydrogen) atoms. The van der Waals surface area contributed by atoms with E-state index in [2.05, 4.69) is 25.5 Å². The first-order chi connectivity index (χ1) is 9.31. The van der Waals surface area contributed by atoms with Gasteiger partial charge in [-0.3, -0.25) is 5.10 Å². The predicted molar refractivity (Wildman–Crippen MR) is 68.8 cm³/mol. The Balaban J connectivity index is 1.79. The fourth-order valence-electron chi connectivity index (χ4n) is 2.18. The van der Waals surface area contributed by atoms with Crippen molar-refractivity contribution in [1.82, 2.24) is 30.0 Å². The van der Waals surface area contributed by atoms with Crippen LogP contribution >= 0.6 is 11.3 Å². The summed E-state index contributed by atoms with van der Waals surface area (Å²) in [5, 5.41) is 20.5. The average Bonchev–Trinajstić information content (AvgIpc) is 3.11. The van der Waals surface area contributed by atoms with Gasteiger partial charge in [-0.1, -0.05) is 11.3 Å². The number of nitrogens with zero attached hydrogens (tertiary/aromatic N) is 5. The molecule has 1 atom stereocenters. The molecule has 0 spiro atoms.